The zero-order chi connectivity index (χ0) is 14.5. The first kappa shape index (κ1) is 14.1. The van der Waals surface area contributed by atoms with Gasteiger partial charge in [0.1, 0.15) is 5.75 Å². The third-order valence-electron chi connectivity index (χ3n) is 2.71. The zero-order valence-corrected chi connectivity index (χ0v) is 11.6. The molecule has 0 saturated heterocycles. The molecule has 0 bridgehead atoms. The Hall–Kier alpha value is -2.33. The summed E-state index contributed by atoms with van der Waals surface area (Å²) in [6.45, 7) is 1.68. The second-order valence-corrected chi connectivity index (χ2v) is 4.60. The van der Waals surface area contributed by atoms with Gasteiger partial charge in [0, 0.05) is 16.1 Å². The molecule has 0 radical (unpaired) electrons. The summed E-state index contributed by atoms with van der Waals surface area (Å²) in [5.41, 5.74) is 3.90. The van der Waals surface area contributed by atoms with Crippen LogP contribution in [0.4, 0.5) is 0 Å². The van der Waals surface area contributed by atoms with E-state index in [1.807, 2.05) is 6.07 Å². The van der Waals surface area contributed by atoms with Crippen LogP contribution < -0.4 is 5.43 Å². The van der Waals surface area contributed by atoms with Crippen molar-refractivity contribution in [2.45, 2.75) is 6.92 Å². The molecule has 0 aliphatic heterocycles. The van der Waals surface area contributed by atoms with E-state index in [2.05, 4.69) is 10.5 Å². The van der Waals surface area contributed by atoms with E-state index in [1.165, 1.54) is 6.07 Å². The van der Waals surface area contributed by atoms with Crippen molar-refractivity contribution in [3.05, 3.63) is 64.7 Å². The first-order chi connectivity index (χ1) is 9.58. The number of amides is 1. The molecule has 0 heterocycles. The largest absolute Gasteiger partial charge is 0.507 e. The lowest BCUT2D eigenvalue weighted by molar-refractivity contribution is 0.0955. The molecule has 2 N–H and O–H groups in total. The predicted octanol–water partition coefficient (Wildman–Crippen LogP) is 3.20. The quantitative estimate of drug-likeness (QED) is 0.673. The maximum Gasteiger partial charge on any atom is 0.271 e. The fourth-order valence-corrected chi connectivity index (χ4v) is 1.82. The van der Waals surface area contributed by atoms with Gasteiger partial charge in [0.25, 0.3) is 5.91 Å². The van der Waals surface area contributed by atoms with E-state index >= 15 is 0 Å². The lowest BCUT2D eigenvalue weighted by atomic mass is 10.1. The highest BCUT2D eigenvalue weighted by molar-refractivity contribution is 6.31. The number of benzene rings is 2. The summed E-state index contributed by atoms with van der Waals surface area (Å²) in [7, 11) is 0. The van der Waals surface area contributed by atoms with Crippen LogP contribution in [0.3, 0.4) is 0 Å². The number of phenols is 1. The Kier molecular flexibility index (Phi) is 4.38. The van der Waals surface area contributed by atoms with Crippen LogP contribution in [0.15, 0.2) is 53.6 Å². The number of phenolic OH excluding ortho intramolecular Hbond substituents is 1. The van der Waals surface area contributed by atoms with Gasteiger partial charge in [-0.1, -0.05) is 29.8 Å². The number of rotatable bonds is 3. The molecular weight excluding hydrogens is 276 g/mol. The first-order valence-electron chi connectivity index (χ1n) is 5.96. The van der Waals surface area contributed by atoms with Crippen molar-refractivity contribution >= 4 is 23.2 Å². The molecule has 2 rings (SSSR count). The SMILES string of the molecule is C/C(=N/NC(=O)c1ccccc1)c1cc(Cl)ccc1O. The molecule has 0 aliphatic rings. The van der Waals surface area contributed by atoms with Gasteiger partial charge in [-0.25, -0.2) is 5.43 Å². The third-order valence-corrected chi connectivity index (χ3v) is 2.94. The van der Waals surface area contributed by atoms with E-state index in [-0.39, 0.29) is 11.7 Å². The monoisotopic (exact) mass is 288 g/mol. The van der Waals surface area contributed by atoms with Crippen LogP contribution in [0.1, 0.15) is 22.8 Å². The number of hydrogen-bond donors (Lipinski definition) is 2. The summed E-state index contributed by atoms with van der Waals surface area (Å²) in [4.78, 5) is 11.8. The number of carbonyl (C=O) groups excluding carboxylic acids is 1. The second-order valence-electron chi connectivity index (χ2n) is 4.17. The topological polar surface area (TPSA) is 61.7 Å². The molecule has 0 fully saturated rings. The van der Waals surface area contributed by atoms with Crippen molar-refractivity contribution < 1.29 is 9.90 Å². The van der Waals surface area contributed by atoms with Gasteiger partial charge in [-0.05, 0) is 37.3 Å². The number of hydrogen-bond acceptors (Lipinski definition) is 3. The Bertz CT molecular complexity index is 654. The molecule has 5 heteroatoms. The van der Waals surface area contributed by atoms with Gasteiger partial charge in [0.2, 0.25) is 0 Å². The van der Waals surface area contributed by atoms with E-state index in [4.69, 9.17) is 11.6 Å². The minimum Gasteiger partial charge on any atom is -0.507 e. The van der Waals surface area contributed by atoms with Crippen LogP contribution in [0, 0.1) is 0 Å². The molecule has 0 aromatic heterocycles. The summed E-state index contributed by atoms with van der Waals surface area (Å²) in [6.07, 6.45) is 0. The van der Waals surface area contributed by atoms with Crippen molar-refractivity contribution in [3.8, 4) is 5.75 Å². The summed E-state index contributed by atoms with van der Waals surface area (Å²) >= 11 is 5.87. The van der Waals surface area contributed by atoms with E-state index in [0.29, 0.717) is 21.9 Å². The van der Waals surface area contributed by atoms with Crippen molar-refractivity contribution in [1.82, 2.24) is 5.43 Å². The van der Waals surface area contributed by atoms with Crippen molar-refractivity contribution in [3.63, 3.8) is 0 Å². The van der Waals surface area contributed by atoms with Gasteiger partial charge in [-0.3, -0.25) is 4.79 Å². The summed E-state index contributed by atoms with van der Waals surface area (Å²) in [5.74, 6) is -0.254. The first-order valence-corrected chi connectivity index (χ1v) is 6.34. The molecule has 102 valence electrons. The summed E-state index contributed by atoms with van der Waals surface area (Å²) in [6, 6.07) is 13.4. The lowest BCUT2D eigenvalue weighted by Crippen LogP contribution is -2.19. The normalized spacial score (nSPS) is 11.2. The summed E-state index contributed by atoms with van der Waals surface area (Å²) < 4.78 is 0. The van der Waals surface area contributed by atoms with Crippen LogP contribution in [0.5, 0.6) is 5.75 Å². The van der Waals surface area contributed by atoms with Crippen molar-refractivity contribution in [2.24, 2.45) is 5.10 Å². The van der Waals surface area contributed by atoms with E-state index < -0.39 is 0 Å². The Labute approximate surface area is 121 Å². The molecule has 0 spiro atoms. The molecule has 0 aliphatic carbocycles. The average Bonchev–Trinajstić information content (AvgIpc) is 2.47. The van der Waals surface area contributed by atoms with E-state index in [1.54, 1.807) is 43.3 Å². The highest BCUT2D eigenvalue weighted by Gasteiger charge is 2.07. The molecule has 0 saturated carbocycles. The van der Waals surface area contributed by atoms with Crippen LogP contribution in [-0.4, -0.2) is 16.7 Å². The maximum atomic E-state index is 11.8. The van der Waals surface area contributed by atoms with Crippen LogP contribution in [-0.2, 0) is 0 Å². The molecule has 0 unspecified atom stereocenters. The maximum absolute atomic E-state index is 11.8. The van der Waals surface area contributed by atoms with Gasteiger partial charge < -0.3 is 5.11 Å². The van der Waals surface area contributed by atoms with Gasteiger partial charge in [0.15, 0.2) is 0 Å². The zero-order valence-electron chi connectivity index (χ0n) is 10.8. The fraction of sp³-hybridized carbons (Fsp3) is 0.0667. The van der Waals surface area contributed by atoms with Gasteiger partial charge in [-0.2, -0.15) is 5.10 Å². The number of hydrazone groups is 1. The average molecular weight is 289 g/mol. The van der Waals surface area contributed by atoms with Crippen LogP contribution in [0.25, 0.3) is 0 Å². The van der Waals surface area contributed by atoms with Crippen LogP contribution in [0.2, 0.25) is 5.02 Å². The van der Waals surface area contributed by atoms with E-state index in [9.17, 15) is 9.90 Å². The molecule has 2 aromatic carbocycles. The van der Waals surface area contributed by atoms with Crippen molar-refractivity contribution in [1.29, 1.82) is 0 Å². The highest BCUT2D eigenvalue weighted by Crippen LogP contribution is 2.21. The third kappa shape index (κ3) is 3.36. The number of carbonyl (C=O) groups is 1. The standard InChI is InChI=1S/C15H13ClN2O2/c1-10(13-9-12(16)7-8-14(13)19)17-18-15(20)11-5-3-2-4-6-11/h2-9,19H,1H3,(H,18,20)/b17-10-. The number of aromatic hydroxyl groups is 1. The number of nitrogens with zero attached hydrogens (tertiary/aromatic N) is 1. The molecule has 2 aromatic rings. The van der Waals surface area contributed by atoms with Gasteiger partial charge in [-0.15, -0.1) is 0 Å². The number of halogens is 1. The van der Waals surface area contributed by atoms with Gasteiger partial charge in [0.05, 0.1) is 5.71 Å². The minimum atomic E-state index is -0.313. The Balaban J connectivity index is 2.15. The number of nitrogens with one attached hydrogen (secondary N) is 1. The Morgan fingerprint density at radius 1 is 1.20 bits per heavy atom. The summed E-state index contributed by atoms with van der Waals surface area (Å²) in [5, 5.41) is 14.2. The van der Waals surface area contributed by atoms with E-state index in [0.717, 1.165) is 0 Å². The lowest BCUT2D eigenvalue weighted by Gasteiger charge is -2.05. The van der Waals surface area contributed by atoms with Crippen molar-refractivity contribution in [2.75, 3.05) is 0 Å². The predicted molar refractivity (Wildman–Crippen MR) is 79.2 cm³/mol. The minimum absolute atomic E-state index is 0.0598. The second kappa shape index (κ2) is 6.21. The smallest absolute Gasteiger partial charge is 0.271 e. The molecule has 20 heavy (non-hydrogen) atoms. The molecule has 1 amide bonds. The Morgan fingerprint density at radius 2 is 1.90 bits per heavy atom. The van der Waals surface area contributed by atoms with Gasteiger partial charge >= 0.3 is 0 Å². The highest BCUT2D eigenvalue weighted by atomic mass is 35.5. The Morgan fingerprint density at radius 3 is 2.60 bits per heavy atom. The van der Waals surface area contributed by atoms with Crippen LogP contribution >= 0.6 is 11.6 Å². The molecule has 4 nitrogen and oxygen atoms in total. The molecular formula is C15H13ClN2O2. The molecule has 0 atom stereocenters. The fourth-order valence-electron chi connectivity index (χ4n) is 1.65.